The van der Waals surface area contributed by atoms with Crippen LogP contribution in [0.4, 0.5) is 0 Å². The lowest BCUT2D eigenvalue weighted by Crippen LogP contribution is -3.00. The quantitative estimate of drug-likeness (QED) is 0.814. The van der Waals surface area contributed by atoms with E-state index in [1.54, 1.807) is 0 Å². The molecule has 0 bridgehead atoms. The van der Waals surface area contributed by atoms with Gasteiger partial charge < -0.3 is 17.7 Å². The molecule has 110 valence electrons. The highest BCUT2D eigenvalue weighted by Crippen LogP contribution is 2.34. The van der Waals surface area contributed by atoms with Crippen LogP contribution in [0.15, 0.2) is 47.0 Å². The molecule has 0 amide bonds. The molecule has 1 nitrogen and oxygen atoms in total. The van der Waals surface area contributed by atoms with E-state index < -0.39 is 0 Å². The minimum absolute atomic E-state index is 0. The van der Waals surface area contributed by atoms with Crippen LogP contribution >= 0.6 is 15.9 Å². The zero-order chi connectivity index (χ0) is 14.0. The Bertz CT molecular complexity index is 510. The molecule has 2 atom stereocenters. The Labute approximate surface area is 137 Å². The lowest BCUT2D eigenvalue weighted by Gasteiger charge is -2.34. The average molecular weight is 356 g/mol. The molecule has 1 aliphatic rings. The van der Waals surface area contributed by atoms with Crippen LogP contribution in [0, 0.1) is 0 Å². The van der Waals surface area contributed by atoms with Gasteiger partial charge in [-0.05, 0) is 50.3 Å². The van der Waals surface area contributed by atoms with Crippen molar-refractivity contribution in [2.24, 2.45) is 0 Å². The van der Waals surface area contributed by atoms with Crippen LogP contribution < -0.4 is 17.7 Å². The van der Waals surface area contributed by atoms with Crippen molar-refractivity contribution in [1.29, 1.82) is 0 Å². The Morgan fingerprint density at radius 3 is 2.50 bits per heavy atom. The molecule has 0 unspecified atom stereocenters. The summed E-state index contributed by atoms with van der Waals surface area (Å²) in [5.74, 6) is 0. The number of fused-ring (bicyclic) bond motifs is 1. The summed E-state index contributed by atoms with van der Waals surface area (Å²) in [5, 5.41) is 3.76. The first-order valence-electron chi connectivity index (χ1n) is 6.79. The summed E-state index contributed by atoms with van der Waals surface area (Å²) in [7, 11) is 0. The van der Waals surface area contributed by atoms with E-state index in [0.717, 1.165) is 19.3 Å². The fraction of sp³-hybridized carbons (Fsp3) is 0.412. The zero-order valence-electron chi connectivity index (χ0n) is 12.2. The van der Waals surface area contributed by atoms with Crippen molar-refractivity contribution in [2.75, 3.05) is 0 Å². The molecule has 0 spiro atoms. The highest BCUT2D eigenvalue weighted by atomic mass is 79.9. The summed E-state index contributed by atoms with van der Waals surface area (Å²) in [6, 6.07) is 7.35. The Morgan fingerprint density at radius 1 is 1.25 bits per heavy atom. The third kappa shape index (κ3) is 4.21. The molecule has 2 rings (SSSR count). The summed E-state index contributed by atoms with van der Waals surface area (Å²) in [4.78, 5) is 0. The summed E-state index contributed by atoms with van der Waals surface area (Å²) in [5.41, 5.74) is 5.32. The van der Waals surface area contributed by atoms with Gasteiger partial charge in [0.25, 0.3) is 0 Å². The average Bonchev–Trinajstić information content (AvgIpc) is 2.29. The van der Waals surface area contributed by atoms with Crippen LogP contribution in [0.2, 0.25) is 0 Å². The minimum Gasteiger partial charge on any atom is -1.00 e. The lowest BCUT2D eigenvalue weighted by molar-refractivity contribution is -0.00000424. The molecule has 0 saturated heterocycles. The number of nitrogens with one attached hydrogen (secondary N) is 1. The van der Waals surface area contributed by atoms with E-state index in [1.807, 2.05) is 0 Å². The van der Waals surface area contributed by atoms with Crippen molar-refractivity contribution in [2.45, 2.75) is 45.2 Å². The molecule has 0 saturated carbocycles. The van der Waals surface area contributed by atoms with Crippen LogP contribution in [-0.4, -0.2) is 6.04 Å². The van der Waals surface area contributed by atoms with E-state index in [4.69, 9.17) is 0 Å². The predicted molar refractivity (Wildman–Crippen MR) is 86.4 cm³/mol. The van der Waals surface area contributed by atoms with Crippen LogP contribution in [0.1, 0.15) is 43.9 Å². The van der Waals surface area contributed by atoms with Gasteiger partial charge in [0.15, 0.2) is 0 Å². The fourth-order valence-corrected chi connectivity index (χ4v) is 3.41. The number of hydrogen-bond acceptors (Lipinski definition) is 1. The van der Waals surface area contributed by atoms with Crippen LogP contribution in [0.25, 0.3) is 0 Å². The molecule has 1 aliphatic heterocycles. The van der Waals surface area contributed by atoms with Crippen molar-refractivity contribution in [3.8, 4) is 0 Å². The maximum atomic E-state index is 4.06. The minimum atomic E-state index is 0. The highest BCUT2D eigenvalue weighted by Gasteiger charge is 2.27. The number of benzene rings is 1. The maximum absolute atomic E-state index is 4.06. The van der Waals surface area contributed by atoms with Gasteiger partial charge in [-0.1, -0.05) is 39.2 Å². The molecular weight excluding hydrogens is 334 g/mol. The Balaban J connectivity index is 0.00000200. The molecule has 0 fully saturated rings. The van der Waals surface area contributed by atoms with Gasteiger partial charge in [-0.3, -0.25) is 0 Å². The highest BCUT2D eigenvalue weighted by molar-refractivity contribution is 9.10. The molecule has 1 aromatic carbocycles. The molecule has 3 heteroatoms. The second kappa shape index (κ2) is 7.44. The van der Waals surface area contributed by atoms with E-state index in [1.165, 1.54) is 26.7 Å². The summed E-state index contributed by atoms with van der Waals surface area (Å²) < 4.78 is 1.23. The van der Waals surface area contributed by atoms with Crippen molar-refractivity contribution in [3.63, 3.8) is 0 Å². The maximum Gasteiger partial charge on any atom is 0.0363 e. The molecule has 1 N–H and O–H groups in total. The largest absolute Gasteiger partial charge is 1.00 e. The number of halogens is 2. The Morgan fingerprint density at radius 2 is 1.90 bits per heavy atom. The van der Waals surface area contributed by atoms with Crippen molar-refractivity contribution >= 4 is 15.9 Å². The number of hydrogen-bond donors (Lipinski definition) is 1. The number of rotatable bonds is 4. The first-order valence-corrected chi connectivity index (χ1v) is 7.58. The van der Waals surface area contributed by atoms with Crippen molar-refractivity contribution < 1.29 is 12.4 Å². The fourth-order valence-electron chi connectivity index (χ4n) is 2.87. The van der Waals surface area contributed by atoms with Crippen LogP contribution in [-0.2, 0) is 6.42 Å². The van der Waals surface area contributed by atoms with E-state index in [9.17, 15) is 0 Å². The van der Waals surface area contributed by atoms with Crippen LogP contribution in [0.5, 0.6) is 0 Å². The van der Waals surface area contributed by atoms with Gasteiger partial charge in [-0.15, -0.1) is 13.2 Å². The molecule has 0 aromatic heterocycles. The van der Waals surface area contributed by atoms with Gasteiger partial charge >= 0.3 is 0 Å². The van der Waals surface area contributed by atoms with E-state index in [2.05, 4.69) is 66.5 Å². The third-order valence-corrected chi connectivity index (χ3v) is 4.31. The van der Waals surface area contributed by atoms with Gasteiger partial charge in [0.2, 0.25) is 0 Å². The second-order valence-corrected chi connectivity index (χ2v) is 6.60. The van der Waals surface area contributed by atoms with Crippen LogP contribution in [0.3, 0.4) is 0 Å². The molecule has 0 aliphatic carbocycles. The smallest absolute Gasteiger partial charge is 0.0363 e. The lowest BCUT2D eigenvalue weighted by atomic mass is 9.86. The first-order chi connectivity index (χ1) is 8.97. The van der Waals surface area contributed by atoms with Gasteiger partial charge in [-0.25, -0.2) is 0 Å². The monoisotopic (exact) mass is 354 g/mol. The standard InChI is InChI=1S/C17H22BrN.ClH/c1-11(2)8-13-10-15-14(6-5-7-16(15)18)17(19-13)9-12(3)4;/h5-7,13,17,19H,1,3,8-10H2,2,4H3;1H/p-1/t13-,17-;/m1./s1. The van der Waals surface area contributed by atoms with E-state index in [0.29, 0.717) is 12.1 Å². The van der Waals surface area contributed by atoms with Gasteiger partial charge in [-0.2, -0.15) is 0 Å². The molecule has 0 radical (unpaired) electrons. The molecule has 20 heavy (non-hydrogen) atoms. The first kappa shape index (κ1) is 17.5. The topological polar surface area (TPSA) is 12.0 Å². The van der Waals surface area contributed by atoms with Gasteiger partial charge in [0.1, 0.15) is 0 Å². The zero-order valence-corrected chi connectivity index (χ0v) is 14.5. The van der Waals surface area contributed by atoms with Gasteiger partial charge in [0.05, 0.1) is 0 Å². The van der Waals surface area contributed by atoms with Crippen molar-refractivity contribution in [1.82, 2.24) is 5.32 Å². The Hall–Kier alpha value is -0.570. The van der Waals surface area contributed by atoms with Crippen molar-refractivity contribution in [3.05, 3.63) is 58.1 Å². The predicted octanol–water partition coefficient (Wildman–Crippen LogP) is 1.94. The Kier molecular flexibility index (Phi) is 6.50. The molecule has 1 aromatic rings. The normalized spacial score (nSPS) is 20.8. The third-order valence-electron chi connectivity index (χ3n) is 3.57. The summed E-state index contributed by atoms with van der Waals surface area (Å²) in [6.07, 6.45) is 3.10. The molecule has 1 heterocycles. The van der Waals surface area contributed by atoms with Gasteiger partial charge in [0, 0.05) is 16.6 Å². The van der Waals surface area contributed by atoms with E-state index in [-0.39, 0.29) is 12.4 Å². The summed E-state index contributed by atoms with van der Waals surface area (Å²) in [6.45, 7) is 12.3. The second-order valence-electron chi connectivity index (χ2n) is 5.75. The molecular formula is C17H22BrClN-. The van der Waals surface area contributed by atoms with E-state index >= 15 is 0 Å². The SMILES string of the molecule is C=C(C)C[C@@H]1Cc2c(Br)cccc2[C@@H](CC(=C)C)N1.[Cl-]. The summed E-state index contributed by atoms with van der Waals surface area (Å²) >= 11 is 3.70.